The largest absolute Gasteiger partial charge is 0.481 e. The summed E-state index contributed by atoms with van der Waals surface area (Å²) in [5.41, 5.74) is 14.1. The van der Waals surface area contributed by atoms with E-state index >= 15 is 0 Å². The molecule has 6 heteroatoms. The van der Waals surface area contributed by atoms with Crippen LogP contribution in [0.15, 0.2) is 18.3 Å². The Kier molecular flexibility index (Phi) is 2.91. The number of nitrogens with zero attached hydrogens (tertiary/aromatic N) is 2. The van der Waals surface area contributed by atoms with Crippen molar-refractivity contribution < 1.29 is 4.74 Å². The molecule has 0 saturated heterocycles. The Balaban J connectivity index is 1.96. The molecule has 0 radical (unpaired) electrons. The molecule has 0 amide bonds. The molecule has 3 rings (SSSR count). The Labute approximate surface area is 115 Å². The smallest absolute Gasteiger partial charge is 0.213 e. The minimum Gasteiger partial charge on any atom is -0.481 e. The molecule has 1 unspecified atom stereocenters. The Morgan fingerprint density at radius 2 is 2.32 bits per heavy atom. The number of nitrogen functional groups attached to an aromatic ring is 1. The van der Waals surface area contributed by atoms with Gasteiger partial charge >= 0.3 is 0 Å². The third kappa shape index (κ3) is 2.17. The average molecular weight is 276 g/mol. The van der Waals surface area contributed by atoms with Crippen molar-refractivity contribution in [3.8, 4) is 5.88 Å². The number of anilines is 1. The fourth-order valence-corrected chi connectivity index (χ4v) is 3.53. The molecular weight excluding hydrogens is 260 g/mol. The lowest BCUT2D eigenvalue weighted by Crippen LogP contribution is -2.41. The summed E-state index contributed by atoms with van der Waals surface area (Å²) in [6.07, 6.45) is 4.23. The van der Waals surface area contributed by atoms with Crippen LogP contribution in [0.3, 0.4) is 0 Å². The molecule has 0 aromatic carbocycles. The van der Waals surface area contributed by atoms with Crippen LogP contribution in [-0.2, 0) is 18.4 Å². The molecule has 1 aliphatic rings. The first-order valence-electron chi connectivity index (χ1n) is 6.14. The summed E-state index contributed by atoms with van der Waals surface area (Å²) in [4.78, 5) is 9.67. The number of hydrogen-bond acceptors (Lipinski definition) is 6. The lowest BCUT2D eigenvalue weighted by molar-refractivity contribution is 0.373. The van der Waals surface area contributed by atoms with Gasteiger partial charge in [-0.25, -0.2) is 9.97 Å². The number of thiazole rings is 1. The topological polar surface area (TPSA) is 87.0 Å². The van der Waals surface area contributed by atoms with Gasteiger partial charge in [0.2, 0.25) is 5.88 Å². The number of pyridine rings is 1. The summed E-state index contributed by atoms with van der Waals surface area (Å²) >= 11 is 1.54. The SMILES string of the molecule is COc1cc(C2(N)CCc3nc(N)sc3C2)ccn1. The summed E-state index contributed by atoms with van der Waals surface area (Å²) in [7, 11) is 1.61. The van der Waals surface area contributed by atoms with Crippen LogP contribution in [0, 0.1) is 0 Å². The van der Waals surface area contributed by atoms with Crippen LogP contribution in [0.1, 0.15) is 22.6 Å². The minimum absolute atomic E-state index is 0.387. The zero-order chi connectivity index (χ0) is 13.5. The van der Waals surface area contributed by atoms with Crippen molar-refractivity contribution >= 4 is 16.5 Å². The molecule has 0 bridgehead atoms. The number of aromatic nitrogens is 2. The predicted molar refractivity (Wildman–Crippen MR) is 75.2 cm³/mol. The van der Waals surface area contributed by atoms with Crippen molar-refractivity contribution in [1.82, 2.24) is 9.97 Å². The molecule has 0 aliphatic heterocycles. The van der Waals surface area contributed by atoms with Crippen molar-refractivity contribution in [2.45, 2.75) is 24.8 Å². The zero-order valence-corrected chi connectivity index (χ0v) is 11.5. The average Bonchev–Trinajstić information content (AvgIpc) is 2.78. The highest BCUT2D eigenvalue weighted by Gasteiger charge is 2.34. The molecule has 2 heterocycles. The van der Waals surface area contributed by atoms with E-state index in [4.69, 9.17) is 16.2 Å². The van der Waals surface area contributed by atoms with Crippen LogP contribution in [0.2, 0.25) is 0 Å². The molecule has 19 heavy (non-hydrogen) atoms. The molecule has 1 aliphatic carbocycles. The molecule has 100 valence electrons. The number of fused-ring (bicyclic) bond motifs is 1. The van der Waals surface area contributed by atoms with Gasteiger partial charge in [0.25, 0.3) is 0 Å². The second-order valence-corrected chi connectivity index (χ2v) is 5.96. The van der Waals surface area contributed by atoms with E-state index in [0.29, 0.717) is 11.0 Å². The standard InChI is InChI=1S/C13H16N4OS/c1-18-11-6-8(3-5-16-11)13(15)4-2-9-10(7-13)19-12(14)17-9/h3,5-6H,2,4,7,15H2,1H3,(H2,14,17). The van der Waals surface area contributed by atoms with Crippen molar-refractivity contribution in [1.29, 1.82) is 0 Å². The maximum absolute atomic E-state index is 6.58. The lowest BCUT2D eigenvalue weighted by atomic mass is 9.79. The van der Waals surface area contributed by atoms with E-state index in [-0.39, 0.29) is 5.54 Å². The Morgan fingerprint density at radius 3 is 3.11 bits per heavy atom. The maximum atomic E-state index is 6.58. The minimum atomic E-state index is -0.387. The second kappa shape index (κ2) is 4.47. The molecular formula is C13H16N4OS. The van der Waals surface area contributed by atoms with E-state index in [9.17, 15) is 0 Å². The van der Waals surface area contributed by atoms with Crippen LogP contribution >= 0.6 is 11.3 Å². The van der Waals surface area contributed by atoms with Crippen molar-refractivity contribution in [3.05, 3.63) is 34.5 Å². The van der Waals surface area contributed by atoms with Gasteiger partial charge in [-0.3, -0.25) is 0 Å². The van der Waals surface area contributed by atoms with Gasteiger partial charge in [-0.15, -0.1) is 11.3 Å². The second-order valence-electron chi connectivity index (χ2n) is 4.84. The van der Waals surface area contributed by atoms with E-state index in [1.165, 1.54) is 16.2 Å². The van der Waals surface area contributed by atoms with Gasteiger partial charge in [0, 0.05) is 29.1 Å². The van der Waals surface area contributed by atoms with Crippen molar-refractivity contribution in [2.75, 3.05) is 12.8 Å². The van der Waals surface area contributed by atoms with E-state index in [2.05, 4.69) is 9.97 Å². The quantitative estimate of drug-likeness (QED) is 0.867. The molecule has 0 fully saturated rings. The van der Waals surface area contributed by atoms with Gasteiger partial charge in [0.15, 0.2) is 5.13 Å². The fraction of sp³-hybridized carbons (Fsp3) is 0.385. The third-order valence-electron chi connectivity index (χ3n) is 3.60. The van der Waals surface area contributed by atoms with Crippen LogP contribution in [-0.4, -0.2) is 17.1 Å². The summed E-state index contributed by atoms with van der Waals surface area (Å²) in [6, 6.07) is 3.87. The highest BCUT2D eigenvalue weighted by Crippen LogP contribution is 2.38. The van der Waals surface area contributed by atoms with Crippen LogP contribution < -0.4 is 16.2 Å². The Morgan fingerprint density at radius 1 is 1.47 bits per heavy atom. The predicted octanol–water partition coefficient (Wildman–Crippen LogP) is 1.47. The van der Waals surface area contributed by atoms with Gasteiger partial charge in [-0.1, -0.05) is 0 Å². The molecule has 5 nitrogen and oxygen atoms in total. The zero-order valence-electron chi connectivity index (χ0n) is 10.7. The summed E-state index contributed by atoms with van der Waals surface area (Å²) in [5.74, 6) is 0.594. The van der Waals surface area contributed by atoms with Gasteiger partial charge in [-0.05, 0) is 24.5 Å². The summed E-state index contributed by atoms with van der Waals surface area (Å²) < 4.78 is 5.17. The highest BCUT2D eigenvalue weighted by molar-refractivity contribution is 7.15. The fourth-order valence-electron chi connectivity index (χ4n) is 2.53. The number of methoxy groups -OCH3 is 1. The maximum Gasteiger partial charge on any atom is 0.213 e. The Bertz CT molecular complexity index is 612. The first-order valence-corrected chi connectivity index (χ1v) is 6.96. The number of nitrogens with two attached hydrogens (primary N) is 2. The normalized spacial score (nSPS) is 22.0. The molecule has 1 atom stereocenters. The molecule has 0 saturated carbocycles. The first kappa shape index (κ1) is 12.4. The molecule has 2 aromatic heterocycles. The van der Waals surface area contributed by atoms with Crippen LogP contribution in [0.5, 0.6) is 5.88 Å². The van der Waals surface area contributed by atoms with E-state index < -0.39 is 0 Å². The van der Waals surface area contributed by atoms with Gasteiger partial charge < -0.3 is 16.2 Å². The summed E-state index contributed by atoms with van der Waals surface area (Å²) in [6.45, 7) is 0. The first-order chi connectivity index (χ1) is 9.10. The monoisotopic (exact) mass is 276 g/mol. The van der Waals surface area contributed by atoms with Crippen molar-refractivity contribution in [3.63, 3.8) is 0 Å². The number of rotatable bonds is 2. The highest BCUT2D eigenvalue weighted by atomic mass is 32.1. The van der Waals surface area contributed by atoms with E-state index in [0.717, 1.165) is 30.5 Å². The van der Waals surface area contributed by atoms with Crippen molar-refractivity contribution in [2.24, 2.45) is 5.73 Å². The number of hydrogen-bond donors (Lipinski definition) is 2. The van der Waals surface area contributed by atoms with Crippen LogP contribution in [0.4, 0.5) is 5.13 Å². The van der Waals surface area contributed by atoms with E-state index in [1.54, 1.807) is 13.3 Å². The molecule has 0 spiro atoms. The third-order valence-corrected chi connectivity index (χ3v) is 4.52. The Hall–Kier alpha value is -1.66. The van der Waals surface area contributed by atoms with Gasteiger partial charge in [0.1, 0.15) is 0 Å². The number of aryl methyl sites for hydroxylation is 1. The van der Waals surface area contributed by atoms with Crippen LogP contribution in [0.25, 0.3) is 0 Å². The van der Waals surface area contributed by atoms with E-state index in [1.807, 2.05) is 12.1 Å². The molecule has 4 N–H and O–H groups in total. The molecule has 2 aromatic rings. The van der Waals surface area contributed by atoms with Gasteiger partial charge in [-0.2, -0.15) is 0 Å². The lowest BCUT2D eigenvalue weighted by Gasteiger charge is -2.33. The summed E-state index contributed by atoms with van der Waals surface area (Å²) in [5, 5.41) is 0.626. The number of ether oxygens (including phenoxy) is 1. The van der Waals surface area contributed by atoms with Gasteiger partial charge in [0.05, 0.1) is 12.8 Å².